The Kier molecular flexibility index (Phi) is 4.58. The molecule has 1 aliphatic carbocycles. The van der Waals surface area contributed by atoms with E-state index in [-0.39, 0.29) is 12.1 Å². The van der Waals surface area contributed by atoms with Gasteiger partial charge in [-0.1, -0.05) is 13.3 Å². The molecule has 2 rings (SSSR count). The maximum atomic E-state index is 12.0. The number of thiazole rings is 1. The summed E-state index contributed by atoms with van der Waals surface area (Å²) in [6.07, 6.45) is 3.60. The average Bonchev–Trinajstić information content (AvgIpc) is 2.91. The summed E-state index contributed by atoms with van der Waals surface area (Å²) >= 11 is 1.69. The molecule has 5 heteroatoms. The minimum Gasteiger partial charge on any atom is -0.449 e. The van der Waals surface area contributed by atoms with Gasteiger partial charge in [0.1, 0.15) is 0 Å². The van der Waals surface area contributed by atoms with Crippen LogP contribution in [-0.4, -0.2) is 35.2 Å². The van der Waals surface area contributed by atoms with Gasteiger partial charge in [-0.25, -0.2) is 9.78 Å². The second-order valence-electron chi connectivity index (χ2n) is 4.54. The third-order valence-electron chi connectivity index (χ3n) is 3.31. The Morgan fingerprint density at radius 2 is 2.39 bits per heavy atom. The summed E-state index contributed by atoms with van der Waals surface area (Å²) in [5.41, 5.74) is 3.04. The van der Waals surface area contributed by atoms with E-state index in [1.54, 1.807) is 11.3 Å². The van der Waals surface area contributed by atoms with Gasteiger partial charge in [0.05, 0.1) is 17.8 Å². The van der Waals surface area contributed by atoms with Gasteiger partial charge < -0.3 is 9.64 Å². The quantitative estimate of drug-likeness (QED) is 0.771. The Bertz CT molecular complexity index is 385. The maximum Gasteiger partial charge on any atom is 0.410 e. The van der Waals surface area contributed by atoms with Crippen LogP contribution in [0.2, 0.25) is 0 Å². The van der Waals surface area contributed by atoms with Crippen LogP contribution in [0.1, 0.15) is 37.3 Å². The molecule has 1 aromatic heterocycles. The van der Waals surface area contributed by atoms with Crippen LogP contribution in [0.4, 0.5) is 4.79 Å². The lowest BCUT2D eigenvalue weighted by molar-refractivity contribution is 0.0885. The summed E-state index contributed by atoms with van der Waals surface area (Å²) in [5.74, 6) is 0. The van der Waals surface area contributed by atoms with Gasteiger partial charge in [-0.05, 0) is 13.3 Å². The number of carbonyl (C=O) groups excluding carboxylic acids is 1. The summed E-state index contributed by atoms with van der Waals surface area (Å²) in [6.45, 7) is 5.32. The zero-order valence-corrected chi connectivity index (χ0v) is 11.8. The second-order valence-corrected chi connectivity index (χ2v) is 5.48. The Hall–Kier alpha value is -1.10. The number of amides is 1. The predicted octanol–water partition coefficient (Wildman–Crippen LogP) is 2.87. The topological polar surface area (TPSA) is 42.4 Å². The van der Waals surface area contributed by atoms with Crippen LogP contribution in [0.25, 0.3) is 0 Å². The minimum atomic E-state index is -0.175. The molecule has 1 unspecified atom stereocenters. The molecule has 0 spiro atoms. The number of fused-ring (bicyclic) bond motifs is 1. The largest absolute Gasteiger partial charge is 0.449 e. The first-order valence-corrected chi connectivity index (χ1v) is 7.48. The van der Waals surface area contributed by atoms with Crippen LogP contribution in [0.5, 0.6) is 0 Å². The highest BCUT2D eigenvalue weighted by Crippen LogP contribution is 2.28. The fraction of sp³-hybridized carbons (Fsp3) is 0.692. The SMILES string of the molecule is CCCCOC(=O)N(CC)C1Cc2ncsc2C1. The number of unbranched alkanes of at least 4 members (excludes halogenated alkanes) is 1. The first-order chi connectivity index (χ1) is 8.76. The Labute approximate surface area is 112 Å². The van der Waals surface area contributed by atoms with Crippen LogP contribution in [0, 0.1) is 0 Å². The number of ether oxygens (including phenoxy) is 1. The first-order valence-electron chi connectivity index (χ1n) is 6.60. The zero-order chi connectivity index (χ0) is 13.0. The number of likely N-dealkylation sites (N-methyl/N-ethyl adjacent to an activating group) is 1. The molecular weight excluding hydrogens is 248 g/mol. The van der Waals surface area contributed by atoms with Crippen molar-refractivity contribution >= 4 is 17.4 Å². The summed E-state index contributed by atoms with van der Waals surface area (Å²) < 4.78 is 5.29. The number of rotatable bonds is 5. The standard InChI is InChI=1S/C13H20N2O2S/c1-3-5-6-17-13(16)15(4-2)10-7-11-12(8-10)18-9-14-11/h9-10H,3-8H2,1-2H3. The van der Waals surface area contributed by atoms with Crippen molar-refractivity contribution in [3.8, 4) is 0 Å². The summed E-state index contributed by atoms with van der Waals surface area (Å²) in [7, 11) is 0. The van der Waals surface area contributed by atoms with E-state index in [2.05, 4.69) is 11.9 Å². The van der Waals surface area contributed by atoms with E-state index in [0.717, 1.165) is 31.4 Å². The third kappa shape index (κ3) is 2.83. The maximum absolute atomic E-state index is 12.0. The van der Waals surface area contributed by atoms with Crippen molar-refractivity contribution in [1.29, 1.82) is 0 Å². The lowest BCUT2D eigenvalue weighted by atomic mass is 10.2. The Morgan fingerprint density at radius 3 is 3.06 bits per heavy atom. The molecule has 0 aliphatic heterocycles. The van der Waals surface area contributed by atoms with Crippen LogP contribution < -0.4 is 0 Å². The van der Waals surface area contributed by atoms with Gasteiger partial charge in [0.15, 0.2) is 0 Å². The van der Waals surface area contributed by atoms with Gasteiger partial charge in [0, 0.05) is 30.3 Å². The van der Waals surface area contributed by atoms with Gasteiger partial charge in [0.2, 0.25) is 0 Å². The third-order valence-corrected chi connectivity index (χ3v) is 4.21. The molecule has 1 aromatic rings. The lowest BCUT2D eigenvalue weighted by Crippen LogP contribution is -2.41. The van der Waals surface area contributed by atoms with E-state index >= 15 is 0 Å². The van der Waals surface area contributed by atoms with Gasteiger partial charge >= 0.3 is 6.09 Å². The fourth-order valence-corrected chi connectivity index (χ4v) is 3.15. The minimum absolute atomic E-state index is 0.175. The number of hydrogen-bond acceptors (Lipinski definition) is 4. The normalized spacial score (nSPS) is 17.6. The zero-order valence-electron chi connectivity index (χ0n) is 11.0. The first kappa shape index (κ1) is 13.3. The van der Waals surface area contributed by atoms with Crippen LogP contribution in [0.3, 0.4) is 0 Å². The molecule has 0 saturated carbocycles. The number of carbonyl (C=O) groups is 1. The smallest absolute Gasteiger partial charge is 0.410 e. The number of aromatic nitrogens is 1. The monoisotopic (exact) mass is 268 g/mol. The molecule has 1 atom stereocenters. The van der Waals surface area contributed by atoms with Gasteiger partial charge in [-0.2, -0.15) is 0 Å². The van der Waals surface area contributed by atoms with E-state index < -0.39 is 0 Å². The second kappa shape index (κ2) is 6.18. The molecule has 4 nitrogen and oxygen atoms in total. The van der Waals surface area contributed by atoms with Gasteiger partial charge in [-0.3, -0.25) is 0 Å². The summed E-state index contributed by atoms with van der Waals surface area (Å²) in [5, 5.41) is 0. The van der Waals surface area contributed by atoms with Crippen LogP contribution >= 0.6 is 11.3 Å². The molecule has 1 heterocycles. The van der Waals surface area contributed by atoms with Crippen molar-refractivity contribution in [3.63, 3.8) is 0 Å². The number of nitrogens with zero attached hydrogens (tertiary/aromatic N) is 2. The number of hydrogen-bond donors (Lipinski definition) is 0. The molecule has 0 saturated heterocycles. The predicted molar refractivity (Wildman–Crippen MR) is 71.9 cm³/mol. The molecule has 1 amide bonds. The highest BCUT2D eigenvalue weighted by atomic mass is 32.1. The van der Waals surface area contributed by atoms with Crippen molar-refractivity contribution in [3.05, 3.63) is 16.1 Å². The van der Waals surface area contributed by atoms with Crippen LogP contribution in [0.15, 0.2) is 5.51 Å². The average molecular weight is 268 g/mol. The van der Waals surface area contributed by atoms with E-state index in [1.807, 2.05) is 17.3 Å². The Balaban J connectivity index is 1.89. The molecule has 18 heavy (non-hydrogen) atoms. The molecule has 0 N–H and O–H groups in total. The molecular formula is C13H20N2O2S. The lowest BCUT2D eigenvalue weighted by Gasteiger charge is -2.26. The summed E-state index contributed by atoms with van der Waals surface area (Å²) in [6, 6.07) is 0.235. The highest BCUT2D eigenvalue weighted by molar-refractivity contribution is 7.09. The highest BCUT2D eigenvalue weighted by Gasteiger charge is 2.31. The van der Waals surface area contributed by atoms with Crippen molar-refractivity contribution in [2.75, 3.05) is 13.2 Å². The van der Waals surface area contributed by atoms with Crippen molar-refractivity contribution < 1.29 is 9.53 Å². The fourth-order valence-electron chi connectivity index (χ4n) is 2.28. The van der Waals surface area contributed by atoms with E-state index in [1.165, 1.54) is 4.88 Å². The van der Waals surface area contributed by atoms with Gasteiger partial charge in [0.25, 0.3) is 0 Å². The molecule has 0 fully saturated rings. The molecule has 0 aromatic carbocycles. The van der Waals surface area contributed by atoms with Crippen molar-refractivity contribution in [2.24, 2.45) is 0 Å². The van der Waals surface area contributed by atoms with Crippen LogP contribution in [-0.2, 0) is 17.6 Å². The van der Waals surface area contributed by atoms with E-state index in [4.69, 9.17) is 4.74 Å². The van der Waals surface area contributed by atoms with Gasteiger partial charge in [-0.15, -0.1) is 11.3 Å². The summed E-state index contributed by atoms with van der Waals surface area (Å²) in [4.78, 5) is 19.5. The van der Waals surface area contributed by atoms with Crippen molar-refractivity contribution in [1.82, 2.24) is 9.88 Å². The molecule has 100 valence electrons. The molecule has 0 radical (unpaired) electrons. The Morgan fingerprint density at radius 1 is 1.56 bits per heavy atom. The van der Waals surface area contributed by atoms with E-state index in [9.17, 15) is 4.79 Å². The van der Waals surface area contributed by atoms with Crippen molar-refractivity contribution in [2.45, 2.75) is 45.6 Å². The molecule has 0 bridgehead atoms. The molecule has 1 aliphatic rings. The van der Waals surface area contributed by atoms with E-state index in [0.29, 0.717) is 13.2 Å².